The molecule has 1 fully saturated rings. The van der Waals surface area contributed by atoms with Crippen LogP contribution in [0.3, 0.4) is 0 Å². The highest BCUT2D eigenvalue weighted by Crippen LogP contribution is 2.30. The van der Waals surface area contributed by atoms with Crippen molar-refractivity contribution in [3.8, 4) is 0 Å². The van der Waals surface area contributed by atoms with Crippen molar-refractivity contribution >= 4 is 5.97 Å². The molecule has 0 radical (unpaired) electrons. The molecular weight excluding hydrogens is 308 g/mol. The van der Waals surface area contributed by atoms with Crippen LogP contribution in [0.15, 0.2) is 30.3 Å². The predicted molar refractivity (Wildman–Crippen MR) is 105 cm³/mol. The standard InChI is InChI=1S/C23H36O2/c1-2-3-4-5-6-7-8-9-10-11-15-18-22-21(23(24)25-22)19-20-16-13-12-14-17-20/h12-14,16-17,21-22H,2-11,15,18-19H2,1H3/t21-,22+/m0/s1. The minimum atomic E-state index is -0.00285. The molecule has 2 nitrogen and oxygen atoms in total. The second kappa shape index (κ2) is 12.1. The van der Waals surface area contributed by atoms with Crippen LogP contribution in [-0.2, 0) is 16.0 Å². The molecule has 1 heterocycles. The molecule has 140 valence electrons. The molecule has 0 unspecified atom stereocenters. The van der Waals surface area contributed by atoms with Gasteiger partial charge in [-0.2, -0.15) is 0 Å². The van der Waals surface area contributed by atoms with Gasteiger partial charge in [0.15, 0.2) is 0 Å². The van der Waals surface area contributed by atoms with Crippen molar-refractivity contribution < 1.29 is 9.53 Å². The Kier molecular flexibility index (Phi) is 9.69. The molecule has 1 saturated heterocycles. The van der Waals surface area contributed by atoms with Crippen LogP contribution in [0.25, 0.3) is 0 Å². The molecule has 2 rings (SSSR count). The van der Waals surface area contributed by atoms with Crippen LogP contribution in [0.4, 0.5) is 0 Å². The summed E-state index contributed by atoms with van der Waals surface area (Å²) < 4.78 is 5.38. The van der Waals surface area contributed by atoms with Gasteiger partial charge in [-0.25, -0.2) is 0 Å². The third-order valence-corrected chi connectivity index (χ3v) is 5.41. The van der Waals surface area contributed by atoms with Gasteiger partial charge >= 0.3 is 5.97 Å². The zero-order chi connectivity index (χ0) is 17.7. The van der Waals surface area contributed by atoms with Crippen molar-refractivity contribution in [1.82, 2.24) is 0 Å². The average molecular weight is 345 g/mol. The highest BCUT2D eigenvalue weighted by Gasteiger charge is 2.41. The van der Waals surface area contributed by atoms with E-state index >= 15 is 0 Å². The second-order valence-corrected chi connectivity index (χ2v) is 7.60. The molecule has 0 spiro atoms. The number of esters is 1. The minimum absolute atomic E-state index is 0.00285. The lowest BCUT2D eigenvalue weighted by molar-refractivity contribution is -0.185. The van der Waals surface area contributed by atoms with Gasteiger partial charge in [0.2, 0.25) is 0 Å². The van der Waals surface area contributed by atoms with Gasteiger partial charge in [-0.1, -0.05) is 101 Å². The minimum Gasteiger partial charge on any atom is -0.461 e. The maximum atomic E-state index is 11.7. The smallest absolute Gasteiger partial charge is 0.313 e. The number of rotatable bonds is 14. The Morgan fingerprint density at radius 3 is 1.92 bits per heavy atom. The number of ether oxygens (including phenoxy) is 1. The average Bonchev–Trinajstić information content (AvgIpc) is 2.64. The molecule has 25 heavy (non-hydrogen) atoms. The van der Waals surface area contributed by atoms with E-state index in [2.05, 4.69) is 19.1 Å². The fourth-order valence-electron chi connectivity index (χ4n) is 3.75. The first-order chi connectivity index (χ1) is 12.3. The van der Waals surface area contributed by atoms with Gasteiger partial charge in [-0.05, 0) is 24.8 Å². The van der Waals surface area contributed by atoms with E-state index in [0.717, 1.165) is 12.8 Å². The van der Waals surface area contributed by atoms with Crippen molar-refractivity contribution in [1.29, 1.82) is 0 Å². The van der Waals surface area contributed by atoms with Gasteiger partial charge in [0.05, 0.1) is 5.92 Å². The van der Waals surface area contributed by atoms with Gasteiger partial charge in [0.1, 0.15) is 6.10 Å². The summed E-state index contributed by atoms with van der Waals surface area (Å²) in [7, 11) is 0. The van der Waals surface area contributed by atoms with Crippen molar-refractivity contribution in [2.45, 2.75) is 96.5 Å². The number of benzene rings is 1. The summed E-state index contributed by atoms with van der Waals surface area (Å²) in [6, 6.07) is 10.3. The van der Waals surface area contributed by atoms with E-state index in [0.29, 0.717) is 0 Å². The van der Waals surface area contributed by atoms with E-state index in [1.807, 2.05) is 18.2 Å². The Bertz CT molecular complexity index is 468. The van der Waals surface area contributed by atoms with E-state index < -0.39 is 0 Å². The molecule has 0 aromatic heterocycles. The van der Waals surface area contributed by atoms with Gasteiger partial charge in [-0.15, -0.1) is 0 Å². The van der Waals surface area contributed by atoms with Crippen LogP contribution in [0.2, 0.25) is 0 Å². The normalized spacial score (nSPS) is 19.5. The monoisotopic (exact) mass is 344 g/mol. The molecular formula is C23H36O2. The highest BCUT2D eigenvalue weighted by atomic mass is 16.6. The van der Waals surface area contributed by atoms with Crippen LogP contribution < -0.4 is 0 Å². The summed E-state index contributed by atoms with van der Waals surface area (Å²) in [6.07, 6.45) is 17.0. The fourth-order valence-corrected chi connectivity index (χ4v) is 3.75. The number of cyclic esters (lactones) is 1. The number of carbonyl (C=O) groups is 1. The zero-order valence-corrected chi connectivity index (χ0v) is 16.1. The van der Waals surface area contributed by atoms with Crippen LogP contribution >= 0.6 is 0 Å². The Morgan fingerprint density at radius 2 is 1.36 bits per heavy atom. The van der Waals surface area contributed by atoms with E-state index in [1.54, 1.807) is 0 Å². The highest BCUT2D eigenvalue weighted by molar-refractivity contribution is 5.78. The topological polar surface area (TPSA) is 26.3 Å². The lowest BCUT2D eigenvalue weighted by atomic mass is 9.87. The van der Waals surface area contributed by atoms with Crippen LogP contribution in [-0.4, -0.2) is 12.1 Å². The SMILES string of the molecule is CCCCCCCCCCCCC[C@H]1OC(=O)[C@H]1Cc1ccccc1. The summed E-state index contributed by atoms with van der Waals surface area (Å²) in [5, 5.41) is 0. The molecule has 2 heteroatoms. The lowest BCUT2D eigenvalue weighted by Crippen LogP contribution is -2.46. The van der Waals surface area contributed by atoms with Gasteiger partial charge in [-0.3, -0.25) is 4.79 Å². The molecule has 1 aromatic carbocycles. The van der Waals surface area contributed by atoms with E-state index in [9.17, 15) is 4.79 Å². The third-order valence-electron chi connectivity index (χ3n) is 5.41. The molecule has 0 aliphatic carbocycles. The maximum absolute atomic E-state index is 11.7. The lowest BCUT2D eigenvalue weighted by Gasteiger charge is -2.35. The first-order valence-electron chi connectivity index (χ1n) is 10.6. The predicted octanol–water partition coefficient (Wildman–Crippen LogP) is 6.47. The molecule has 0 amide bonds. The molecule has 1 aliphatic heterocycles. The summed E-state index contributed by atoms with van der Waals surface area (Å²) in [5.74, 6) is 0.0856. The summed E-state index contributed by atoms with van der Waals surface area (Å²) in [5.41, 5.74) is 1.24. The maximum Gasteiger partial charge on any atom is 0.313 e. The summed E-state index contributed by atoms with van der Waals surface area (Å²) in [6.45, 7) is 2.27. The number of unbranched alkanes of at least 4 members (excludes halogenated alkanes) is 10. The van der Waals surface area contributed by atoms with Crippen molar-refractivity contribution in [3.05, 3.63) is 35.9 Å². The molecule has 2 atom stereocenters. The molecule has 0 bridgehead atoms. The van der Waals surface area contributed by atoms with E-state index in [1.165, 1.54) is 76.2 Å². The molecule has 0 N–H and O–H groups in total. The number of hydrogen-bond acceptors (Lipinski definition) is 2. The summed E-state index contributed by atoms with van der Waals surface area (Å²) >= 11 is 0. The van der Waals surface area contributed by atoms with Crippen molar-refractivity contribution in [2.75, 3.05) is 0 Å². The van der Waals surface area contributed by atoms with Gasteiger partial charge in [0.25, 0.3) is 0 Å². The van der Waals surface area contributed by atoms with E-state index in [-0.39, 0.29) is 18.0 Å². The van der Waals surface area contributed by atoms with Crippen LogP contribution in [0.1, 0.15) is 89.5 Å². The van der Waals surface area contributed by atoms with E-state index in [4.69, 9.17) is 4.74 Å². The first-order valence-corrected chi connectivity index (χ1v) is 10.6. The van der Waals surface area contributed by atoms with Crippen molar-refractivity contribution in [3.63, 3.8) is 0 Å². The third kappa shape index (κ3) is 7.63. The Morgan fingerprint density at radius 1 is 0.800 bits per heavy atom. The van der Waals surface area contributed by atoms with Crippen LogP contribution in [0.5, 0.6) is 0 Å². The Hall–Kier alpha value is -1.31. The molecule has 1 aliphatic rings. The molecule has 0 saturated carbocycles. The number of hydrogen-bond donors (Lipinski definition) is 0. The van der Waals surface area contributed by atoms with Crippen LogP contribution in [0, 0.1) is 5.92 Å². The van der Waals surface area contributed by atoms with Gasteiger partial charge < -0.3 is 4.74 Å². The zero-order valence-electron chi connectivity index (χ0n) is 16.1. The second-order valence-electron chi connectivity index (χ2n) is 7.60. The Labute approximate surface area is 154 Å². The Balaban J connectivity index is 1.46. The van der Waals surface area contributed by atoms with Gasteiger partial charge in [0, 0.05) is 0 Å². The van der Waals surface area contributed by atoms with Crippen molar-refractivity contribution in [2.24, 2.45) is 5.92 Å². The largest absolute Gasteiger partial charge is 0.461 e. The quantitative estimate of drug-likeness (QED) is 0.285. The first kappa shape index (κ1) is 20.0. The number of carbonyl (C=O) groups excluding carboxylic acids is 1. The molecule has 1 aromatic rings. The summed E-state index contributed by atoms with van der Waals surface area (Å²) in [4.78, 5) is 11.7. The fraction of sp³-hybridized carbons (Fsp3) is 0.696.